The van der Waals surface area contributed by atoms with Crippen LogP contribution in [0.5, 0.6) is 5.75 Å². The molecule has 158 valence electrons. The Hall–Kier alpha value is -2.83. The van der Waals surface area contributed by atoms with Crippen LogP contribution in [-0.4, -0.2) is 59.1 Å². The summed E-state index contributed by atoms with van der Waals surface area (Å²) in [4.78, 5) is 30.1. The van der Waals surface area contributed by atoms with Crippen LogP contribution in [0.15, 0.2) is 41.1 Å². The van der Waals surface area contributed by atoms with Crippen LogP contribution in [0.1, 0.15) is 41.7 Å². The van der Waals surface area contributed by atoms with Crippen LogP contribution in [-0.2, 0) is 11.2 Å². The second-order valence-corrected chi connectivity index (χ2v) is 8.73. The SMILES string of the molecule is COc1cccc(C[C@H]2[C@H]3C[C@H](CN(C(=O)c4ccon4)C3)[C@@H]3CCCC(=O)N32)c1. The van der Waals surface area contributed by atoms with Gasteiger partial charge in [0.15, 0.2) is 5.69 Å². The minimum absolute atomic E-state index is 0.0748. The van der Waals surface area contributed by atoms with Gasteiger partial charge in [-0.15, -0.1) is 0 Å². The average molecular weight is 409 g/mol. The van der Waals surface area contributed by atoms with Crippen molar-refractivity contribution >= 4 is 11.8 Å². The Bertz CT molecular complexity index is 928. The molecule has 4 heterocycles. The van der Waals surface area contributed by atoms with Crippen molar-refractivity contribution in [1.82, 2.24) is 15.0 Å². The lowest BCUT2D eigenvalue weighted by Crippen LogP contribution is -2.66. The molecule has 0 radical (unpaired) electrons. The number of hydrogen-bond acceptors (Lipinski definition) is 5. The maximum Gasteiger partial charge on any atom is 0.276 e. The third-order valence-corrected chi connectivity index (χ3v) is 7.02. The van der Waals surface area contributed by atoms with Crippen LogP contribution < -0.4 is 4.74 Å². The highest BCUT2D eigenvalue weighted by atomic mass is 16.5. The molecule has 1 aromatic carbocycles. The number of piperidine rings is 3. The van der Waals surface area contributed by atoms with Gasteiger partial charge in [-0.3, -0.25) is 9.59 Å². The lowest BCUT2D eigenvalue weighted by molar-refractivity contribution is -0.151. The molecule has 7 nitrogen and oxygen atoms in total. The molecule has 2 aromatic rings. The molecule has 5 rings (SSSR count). The van der Waals surface area contributed by atoms with E-state index in [0.717, 1.165) is 37.0 Å². The van der Waals surface area contributed by atoms with Gasteiger partial charge < -0.3 is 19.1 Å². The van der Waals surface area contributed by atoms with E-state index in [9.17, 15) is 9.59 Å². The van der Waals surface area contributed by atoms with Crippen molar-refractivity contribution in [2.45, 2.75) is 44.2 Å². The summed E-state index contributed by atoms with van der Waals surface area (Å²) in [7, 11) is 1.67. The maximum absolute atomic E-state index is 13.0. The summed E-state index contributed by atoms with van der Waals surface area (Å²) >= 11 is 0. The average Bonchev–Trinajstić information content (AvgIpc) is 3.31. The number of carbonyl (C=O) groups excluding carboxylic acids is 2. The number of methoxy groups -OCH3 is 1. The molecule has 0 N–H and O–H groups in total. The molecule has 3 aliphatic rings. The number of nitrogens with zero attached hydrogens (tertiary/aromatic N) is 3. The van der Waals surface area contributed by atoms with E-state index in [4.69, 9.17) is 9.26 Å². The predicted octanol–water partition coefficient (Wildman–Crippen LogP) is 2.77. The summed E-state index contributed by atoms with van der Waals surface area (Å²) in [6, 6.07) is 10.0. The molecule has 4 atom stereocenters. The van der Waals surface area contributed by atoms with Gasteiger partial charge in [0.2, 0.25) is 5.91 Å². The highest BCUT2D eigenvalue weighted by Crippen LogP contribution is 2.43. The normalized spacial score (nSPS) is 28.2. The first kappa shape index (κ1) is 19.2. The number of carbonyl (C=O) groups is 2. The van der Waals surface area contributed by atoms with Crippen molar-refractivity contribution in [3.8, 4) is 5.75 Å². The predicted molar refractivity (Wildman–Crippen MR) is 109 cm³/mol. The van der Waals surface area contributed by atoms with Gasteiger partial charge in [0.25, 0.3) is 5.91 Å². The minimum Gasteiger partial charge on any atom is -0.497 e. The molecule has 1 aromatic heterocycles. The Morgan fingerprint density at radius 2 is 2.13 bits per heavy atom. The fourth-order valence-corrected chi connectivity index (χ4v) is 5.73. The van der Waals surface area contributed by atoms with Crippen LogP contribution >= 0.6 is 0 Å². The van der Waals surface area contributed by atoms with Crippen molar-refractivity contribution in [1.29, 1.82) is 0 Å². The minimum atomic E-state index is -0.0748. The summed E-state index contributed by atoms with van der Waals surface area (Å²) < 4.78 is 10.3. The van der Waals surface area contributed by atoms with Gasteiger partial charge in [-0.25, -0.2) is 0 Å². The zero-order chi connectivity index (χ0) is 20.7. The van der Waals surface area contributed by atoms with Gasteiger partial charge in [-0.05, 0) is 55.2 Å². The fourth-order valence-electron chi connectivity index (χ4n) is 5.73. The number of amides is 2. The molecular formula is C23H27N3O4. The standard InChI is InChI=1S/C23H27N3O4/c1-29-18-5-2-4-15(10-18)11-21-17-12-16(20-6-3-7-22(27)26(20)21)13-25(14-17)23(28)19-8-9-30-24-19/h2,4-5,8-10,16-17,20-21H,3,6-7,11-14H2,1H3/t16-,17+,20+,21+/m1/s1. The number of rotatable bonds is 4. The zero-order valence-electron chi connectivity index (χ0n) is 17.2. The first-order chi connectivity index (χ1) is 14.6. The van der Waals surface area contributed by atoms with Crippen molar-refractivity contribution in [3.05, 3.63) is 47.9 Å². The Labute approximate surface area is 176 Å². The molecule has 3 fully saturated rings. The first-order valence-corrected chi connectivity index (χ1v) is 10.8. The second-order valence-electron chi connectivity index (χ2n) is 8.73. The number of benzene rings is 1. The van der Waals surface area contributed by atoms with Crippen molar-refractivity contribution in [2.75, 3.05) is 20.2 Å². The molecule has 2 bridgehead atoms. The summed E-state index contributed by atoms with van der Waals surface area (Å²) in [6.45, 7) is 1.33. The summed E-state index contributed by atoms with van der Waals surface area (Å²) in [5.74, 6) is 1.60. The van der Waals surface area contributed by atoms with Gasteiger partial charge in [0.05, 0.1) is 7.11 Å². The number of hydrogen-bond donors (Lipinski definition) is 0. The Morgan fingerprint density at radius 3 is 2.93 bits per heavy atom. The third kappa shape index (κ3) is 3.36. The van der Waals surface area contributed by atoms with Crippen LogP contribution in [0.3, 0.4) is 0 Å². The van der Waals surface area contributed by atoms with E-state index >= 15 is 0 Å². The van der Waals surface area contributed by atoms with E-state index in [-0.39, 0.29) is 29.8 Å². The van der Waals surface area contributed by atoms with E-state index in [0.29, 0.717) is 31.1 Å². The van der Waals surface area contributed by atoms with Gasteiger partial charge in [-0.2, -0.15) is 0 Å². The molecule has 0 saturated carbocycles. The molecule has 30 heavy (non-hydrogen) atoms. The van der Waals surface area contributed by atoms with Gasteiger partial charge in [0, 0.05) is 37.7 Å². The lowest BCUT2D eigenvalue weighted by atomic mass is 9.70. The topological polar surface area (TPSA) is 75.9 Å². The molecule has 0 aliphatic carbocycles. The number of likely N-dealkylation sites (tertiary alicyclic amines) is 1. The van der Waals surface area contributed by atoms with E-state index < -0.39 is 0 Å². The zero-order valence-corrected chi connectivity index (χ0v) is 17.2. The molecule has 0 spiro atoms. The van der Waals surface area contributed by atoms with E-state index in [1.165, 1.54) is 6.26 Å². The summed E-state index contributed by atoms with van der Waals surface area (Å²) in [5.41, 5.74) is 1.52. The Morgan fingerprint density at radius 1 is 1.27 bits per heavy atom. The smallest absolute Gasteiger partial charge is 0.276 e. The van der Waals surface area contributed by atoms with Crippen molar-refractivity contribution < 1.29 is 18.8 Å². The van der Waals surface area contributed by atoms with Crippen molar-refractivity contribution in [3.63, 3.8) is 0 Å². The summed E-state index contributed by atoms with van der Waals surface area (Å²) in [6.07, 6.45) is 5.86. The molecule has 3 aliphatic heterocycles. The number of ether oxygens (including phenoxy) is 1. The highest BCUT2D eigenvalue weighted by Gasteiger charge is 2.50. The highest BCUT2D eigenvalue weighted by molar-refractivity contribution is 5.92. The van der Waals surface area contributed by atoms with E-state index in [1.54, 1.807) is 13.2 Å². The van der Waals surface area contributed by atoms with Crippen LogP contribution in [0.2, 0.25) is 0 Å². The van der Waals surface area contributed by atoms with Crippen LogP contribution in [0, 0.1) is 11.8 Å². The van der Waals surface area contributed by atoms with Crippen molar-refractivity contribution in [2.24, 2.45) is 11.8 Å². The Balaban J connectivity index is 1.44. The van der Waals surface area contributed by atoms with Crippen LogP contribution in [0.25, 0.3) is 0 Å². The number of aromatic nitrogens is 1. The quantitative estimate of drug-likeness (QED) is 0.776. The monoisotopic (exact) mass is 409 g/mol. The van der Waals surface area contributed by atoms with E-state index in [1.807, 2.05) is 17.0 Å². The maximum atomic E-state index is 13.0. The fraction of sp³-hybridized carbons (Fsp3) is 0.522. The molecule has 7 heteroatoms. The largest absolute Gasteiger partial charge is 0.497 e. The second kappa shape index (κ2) is 7.78. The number of fused-ring (bicyclic) bond motifs is 4. The molecular weight excluding hydrogens is 382 g/mol. The van der Waals surface area contributed by atoms with Gasteiger partial charge in [0.1, 0.15) is 12.0 Å². The molecule has 3 saturated heterocycles. The third-order valence-electron chi connectivity index (χ3n) is 7.02. The molecule has 2 amide bonds. The van der Waals surface area contributed by atoms with E-state index in [2.05, 4.69) is 22.2 Å². The lowest BCUT2D eigenvalue weighted by Gasteiger charge is -2.56. The van der Waals surface area contributed by atoms with Crippen LogP contribution in [0.4, 0.5) is 0 Å². The summed E-state index contributed by atoms with van der Waals surface area (Å²) in [5, 5.41) is 3.84. The molecule has 0 unspecified atom stereocenters. The first-order valence-electron chi connectivity index (χ1n) is 10.8. The van der Waals surface area contributed by atoms with Gasteiger partial charge >= 0.3 is 0 Å². The van der Waals surface area contributed by atoms with Gasteiger partial charge in [-0.1, -0.05) is 17.3 Å². The Kier molecular flexibility index (Phi) is 4.97.